The molecular weight excluding hydrogens is 248 g/mol. The van der Waals surface area contributed by atoms with Gasteiger partial charge in [-0.05, 0) is 38.1 Å². The highest BCUT2D eigenvalue weighted by atomic mass is 16.5. The molecule has 0 unspecified atom stereocenters. The maximum atomic E-state index is 5.50. The van der Waals surface area contributed by atoms with Crippen molar-refractivity contribution >= 4 is 0 Å². The lowest BCUT2D eigenvalue weighted by Crippen LogP contribution is -2.30. The molecule has 0 aromatic heterocycles. The van der Waals surface area contributed by atoms with Crippen LogP contribution < -0.4 is 10.1 Å². The summed E-state index contributed by atoms with van der Waals surface area (Å²) in [6.45, 7) is 13.9. The Bertz CT molecular complexity index is 402. The Hall–Kier alpha value is -1.06. The fourth-order valence-corrected chi connectivity index (χ4v) is 2.27. The van der Waals surface area contributed by atoms with Crippen molar-refractivity contribution in [2.24, 2.45) is 0 Å². The van der Waals surface area contributed by atoms with Gasteiger partial charge in [-0.1, -0.05) is 26.8 Å². The second-order valence-corrected chi connectivity index (χ2v) is 5.84. The van der Waals surface area contributed by atoms with Gasteiger partial charge in [0.1, 0.15) is 5.75 Å². The fraction of sp³-hybridized carbons (Fsp3) is 0.647. The number of nitrogens with one attached hydrogen (secondary N) is 1. The molecule has 1 aromatic carbocycles. The summed E-state index contributed by atoms with van der Waals surface area (Å²) >= 11 is 0. The van der Waals surface area contributed by atoms with Crippen LogP contribution in [-0.2, 0) is 13.1 Å². The summed E-state index contributed by atoms with van der Waals surface area (Å²) in [5.41, 5.74) is 2.58. The molecular formula is C17H30N2O. The van der Waals surface area contributed by atoms with Gasteiger partial charge in [-0.25, -0.2) is 0 Å². The Morgan fingerprint density at radius 1 is 1.20 bits per heavy atom. The molecule has 0 heterocycles. The lowest BCUT2D eigenvalue weighted by molar-refractivity contribution is 0.221. The molecule has 3 heteroatoms. The highest BCUT2D eigenvalue weighted by molar-refractivity contribution is 5.37. The van der Waals surface area contributed by atoms with Gasteiger partial charge in [-0.3, -0.25) is 4.90 Å². The van der Waals surface area contributed by atoms with Gasteiger partial charge in [0.25, 0.3) is 0 Å². The van der Waals surface area contributed by atoms with Crippen LogP contribution in [0.4, 0.5) is 0 Å². The summed E-state index contributed by atoms with van der Waals surface area (Å²) < 4.78 is 5.50. The molecule has 0 aliphatic carbocycles. The summed E-state index contributed by atoms with van der Waals surface area (Å²) in [5, 5.41) is 3.46. The Kier molecular flexibility index (Phi) is 7.03. The molecule has 0 bridgehead atoms. The average Bonchev–Trinajstić information content (AvgIpc) is 2.42. The smallest absolute Gasteiger partial charge is 0.123 e. The molecule has 1 rings (SSSR count). The molecule has 0 amide bonds. The first-order valence-corrected chi connectivity index (χ1v) is 7.61. The van der Waals surface area contributed by atoms with Crippen LogP contribution in [0.15, 0.2) is 18.2 Å². The van der Waals surface area contributed by atoms with E-state index in [-0.39, 0.29) is 0 Å². The van der Waals surface area contributed by atoms with Gasteiger partial charge in [0, 0.05) is 30.7 Å². The number of rotatable bonds is 8. The quantitative estimate of drug-likeness (QED) is 0.788. The van der Waals surface area contributed by atoms with E-state index in [0.29, 0.717) is 12.1 Å². The van der Waals surface area contributed by atoms with Gasteiger partial charge in [0.2, 0.25) is 0 Å². The number of hydrogen-bond donors (Lipinski definition) is 1. The predicted molar refractivity (Wildman–Crippen MR) is 86.2 cm³/mol. The van der Waals surface area contributed by atoms with Crippen LogP contribution in [0.25, 0.3) is 0 Å². The van der Waals surface area contributed by atoms with E-state index in [1.165, 1.54) is 11.1 Å². The minimum absolute atomic E-state index is 0.503. The molecule has 0 radical (unpaired) electrons. The topological polar surface area (TPSA) is 24.5 Å². The number of methoxy groups -OCH3 is 1. The van der Waals surface area contributed by atoms with E-state index in [2.05, 4.69) is 63.0 Å². The van der Waals surface area contributed by atoms with E-state index >= 15 is 0 Å². The largest absolute Gasteiger partial charge is 0.496 e. The number of nitrogens with zero attached hydrogens (tertiary/aromatic N) is 1. The van der Waals surface area contributed by atoms with Gasteiger partial charge in [0.15, 0.2) is 0 Å². The second kappa shape index (κ2) is 8.28. The lowest BCUT2D eigenvalue weighted by atomic mass is 10.1. The summed E-state index contributed by atoms with van der Waals surface area (Å²) in [6, 6.07) is 7.54. The summed E-state index contributed by atoms with van der Waals surface area (Å²) in [5.74, 6) is 0.984. The van der Waals surface area contributed by atoms with Crippen molar-refractivity contribution in [1.82, 2.24) is 10.2 Å². The van der Waals surface area contributed by atoms with Crippen LogP contribution in [-0.4, -0.2) is 30.6 Å². The zero-order chi connectivity index (χ0) is 15.1. The van der Waals surface area contributed by atoms with E-state index in [0.717, 1.165) is 25.4 Å². The maximum Gasteiger partial charge on any atom is 0.123 e. The van der Waals surface area contributed by atoms with E-state index < -0.39 is 0 Å². The summed E-state index contributed by atoms with van der Waals surface area (Å²) in [4.78, 5) is 2.44. The highest BCUT2D eigenvalue weighted by Crippen LogP contribution is 2.22. The van der Waals surface area contributed by atoms with Gasteiger partial charge in [0.05, 0.1) is 7.11 Å². The van der Waals surface area contributed by atoms with E-state index in [1.807, 2.05) is 0 Å². The van der Waals surface area contributed by atoms with Gasteiger partial charge >= 0.3 is 0 Å². The second-order valence-electron chi connectivity index (χ2n) is 5.84. The first-order chi connectivity index (χ1) is 9.47. The summed E-state index contributed by atoms with van der Waals surface area (Å²) in [6.07, 6.45) is 0. The molecule has 0 spiro atoms. The standard InChI is InChI=1S/C17H30N2O/c1-7-19(14(4)5)12-16-10-15(11-18-13(2)3)8-9-17(16)20-6/h8-10,13-14,18H,7,11-12H2,1-6H3. The first kappa shape index (κ1) is 17.0. The minimum atomic E-state index is 0.503. The first-order valence-electron chi connectivity index (χ1n) is 7.61. The molecule has 3 nitrogen and oxygen atoms in total. The van der Waals surface area contributed by atoms with E-state index in [9.17, 15) is 0 Å². The molecule has 114 valence electrons. The Labute approximate surface area is 124 Å². The van der Waals surface area contributed by atoms with Crippen molar-refractivity contribution in [3.63, 3.8) is 0 Å². The average molecular weight is 278 g/mol. The molecule has 0 saturated heterocycles. The maximum absolute atomic E-state index is 5.50. The van der Waals surface area contributed by atoms with Crippen molar-refractivity contribution < 1.29 is 4.74 Å². The normalized spacial score (nSPS) is 11.7. The predicted octanol–water partition coefficient (Wildman–Crippen LogP) is 3.42. The van der Waals surface area contributed by atoms with Crippen molar-refractivity contribution in [2.45, 2.75) is 59.8 Å². The van der Waals surface area contributed by atoms with Crippen LogP contribution in [0.5, 0.6) is 5.75 Å². The Morgan fingerprint density at radius 3 is 2.40 bits per heavy atom. The third-order valence-corrected chi connectivity index (χ3v) is 3.57. The molecule has 0 atom stereocenters. The number of hydrogen-bond acceptors (Lipinski definition) is 3. The highest BCUT2D eigenvalue weighted by Gasteiger charge is 2.12. The Balaban J connectivity index is 2.87. The fourth-order valence-electron chi connectivity index (χ4n) is 2.27. The molecule has 0 fully saturated rings. The van der Waals surface area contributed by atoms with Crippen LogP contribution in [0.1, 0.15) is 45.7 Å². The van der Waals surface area contributed by atoms with Crippen LogP contribution in [0, 0.1) is 0 Å². The third kappa shape index (κ3) is 5.14. The molecule has 20 heavy (non-hydrogen) atoms. The van der Waals surface area contributed by atoms with E-state index in [4.69, 9.17) is 4.74 Å². The SMILES string of the molecule is CCN(Cc1cc(CNC(C)C)ccc1OC)C(C)C. The lowest BCUT2D eigenvalue weighted by Gasteiger charge is -2.26. The third-order valence-electron chi connectivity index (χ3n) is 3.57. The van der Waals surface area contributed by atoms with Crippen molar-refractivity contribution in [3.05, 3.63) is 29.3 Å². The van der Waals surface area contributed by atoms with Crippen molar-refractivity contribution in [3.8, 4) is 5.75 Å². The molecule has 1 aromatic rings. The van der Waals surface area contributed by atoms with Crippen molar-refractivity contribution in [2.75, 3.05) is 13.7 Å². The molecule has 0 aliphatic rings. The van der Waals surface area contributed by atoms with E-state index in [1.54, 1.807) is 7.11 Å². The van der Waals surface area contributed by atoms with Crippen LogP contribution in [0.3, 0.4) is 0 Å². The molecule has 0 aliphatic heterocycles. The van der Waals surface area contributed by atoms with Gasteiger partial charge < -0.3 is 10.1 Å². The number of benzene rings is 1. The van der Waals surface area contributed by atoms with Gasteiger partial charge in [-0.2, -0.15) is 0 Å². The minimum Gasteiger partial charge on any atom is -0.496 e. The summed E-state index contributed by atoms with van der Waals surface area (Å²) in [7, 11) is 1.75. The molecule has 0 saturated carbocycles. The molecule has 1 N–H and O–H groups in total. The van der Waals surface area contributed by atoms with Crippen LogP contribution >= 0.6 is 0 Å². The monoisotopic (exact) mass is 278 g/mol. The van der Waals surface area contributed by atoms with Crippen LogP contribution in [0.2, 0.25) is 0 Å². The van der Waals surface area contributed by atoms with Crippen molar-refractivity contribution in [1.29, 1.82) is 0 Å². The zero-order valence-corrected chi connectivity index (χ0v) is 13.9. The van der Waals surface area contributed by atoms with Gasteiger partial charge in [-0.15, -0.1) is 0 Å². The zero-order valence-electron chi connectivity index (χ0n) is 13.9. The number of ether oxygens (including phenoxy) is 1. The Morgan fingerprint density at radius 2 is 1.90 bits per heavy atom.